The fourth-order valence-electron chi connectivity index (χ4n) is 4.55. The molecule has 0 saturated carbocycles. The number of nitrogens with zero attached hydrogens (tertiary/aromatic N) is 1. The van der Waals surface area contributed by atoms with Crippen LogP contribution in [0, 0.1) is 0 Å². The Balaban J connectivity index is 1.60. The van der Waals surface area contributed by atoms with Gasteiger partial charge in [0.25, 0.3) is 5.91 Å². The van der Waals surface area contributed by atoms with Crippen LogP contribution in [0.25, 0.3) is 11.1 Å². The van der Waals surface area contributed by atoms with Crippen LogP contribution in [0.3, 0.4) is 0 Å². The molecule has 3 aromatic rings. The Hall–Kier alpha value is -3.47. The summed E-state index contributed by atoms with van der Waals surface area (Å²) < 4.78 is 0. The van der Waals surface area contributed by atoms with E-state index in [4.69, 9.17) is 11.5 Å². The molecule has 1 aliphatic heterocycles. The number of thioether (sulfide) groups is 2. The SMILES string of the molecule is CSc1ccc2c(c1)SC[C@@H](NC(=O)CC(C)(C)N)C(=O)N2Cc1ccc(-c2ccccc2CNC(N)=O)cc1. The predicted octanol–water partition coefficient (Wildman–Crippen LogP) is 4.49. The second-order valence-corrected chi connectivity index (χ2v) is 12.4. The van der Waals surface area contributed by atoms with Gasteiger partial charge in [0.05, 0.1) is 12.2 Å². The number of nitrogens with two attached hydrogens (primary N) is 2. The molecule has 1 heterocycles. The second-order valence-electron chi connectivity index (χ2n) is 10.4. The number of rotatable bonds is 9. The highest BCUT2D eigenvalue weighted by molar-refractivity contribution is 8.00. The van der Waals surface area contributed by atoms with E-state index in [1.54, 1.807) is 42.3 Å². The lowest BCUT2D eigenvalue weighted by atomic mass is 9.98. The van der Waals surface area contributed by atoms with E-state index in [1.807, 2.05) is 66.9 Å². The lowest BCUT2D eigenvalue weighted by Crippen LogP contribution is -2.51. The highest BCUT2D eigenvalue weighted by Crippen LogP contribution is 2.38. The maximum absolute atomic E-state index is 13.8. The number of carbonyl (C=O) groups is 3. The lowest BCUT2D eigenvalue weighted by Gasteiger charge is -2.27. The van der Waals surface area contributed by atoms with Crippen LogP contribution in [0.1, 0.15) is 31.4 Å². The monoisotopic (exact) mass is 577 g/mol. The van der Waals surface area contributed by atoms with Crippen molar-refractivity contribution in [2.75, 3.05) is 16.9 Å². The number of carbonyl (C=O) groups excluding carboxylic acids is 3. The van der Waals surface area contributed by atoms with Gasteiger partial charge in [0, 0.05) is 34.0 Å². The molecule has 40 heavy (non-hydrogen) atoms. The molecule has 0 fully saturated rings. The molecule has 0 spiro atoms. The molecule has 0 unspecified atom stereocenters. The van der Waals surface area contributed by atoms with E-state index < -0.39 is 17.6 Å². The molecule has 0 aromatic heterocycles. The summed E-state index contributed by atoms with van der Waals surface area (Å²) in [6.45, 7) is 4.26. The molecule has 1 aliphatic rings. The van der Waals surface area contributed by atoms with Crippen molar-refractivity contribution in [3.05, 3.63) is 77.9 Å². The molecule has 1 atom stereocenters. The van der Waals surface area contributed by atoms with Gasteiger partial charge in [0.2, 0.25) is 5.91 Å². The number of amides is 4. The first-order chi connectivity index (χ1) is 19.0. The molecule has 10 heteroatoms. The summed E-state index contributed by atoms with van der Waals surface area (Å²) in [7, 11) is 0. The Morgan fingerprint density at radius 1 is 1.10 bits per heavy atom. The molecular weight excluding hydrogens is 542 g/mol. The van der Waals surface area contributed by atoms with E-state index in [2.05, 4.69) is 16.7 Å². The van der Waals surface area contributed by atoms with Crippen LogP contribution in [-0.4, -0.2) is 41.4 Å². The first-order valence-electron chi connectivity index (χ1n) is 12.9. The fourth-order valence-corrected chi connectivity index (χ4v) is 6.17. The second kappa shape index (κ2) is 12.8. The maximum atomic E-state index is 13.8. The number of primary amides is 1. The Bertz CT molecular complexity index is 1390. The van der Waals surface area contributed by atoms with Gasteiger partial charge in [0.1, 0.15) is 6.04 Å². The molecular formula is C30H35N5O3S2. The average molecular weight is 578 g/mol. The first kappa shape index (κ1) is 29.5. The Morgan fingerprint density at radius 3 is 2.50 bits per heavy atom. The van der Waals surface area contributed by atoms with E-state index in [0.717, 1.165) is 37.7 Å². The van der Waals surface area contributed by atoms with Crippen LogP contribution >= 0.6 is 23.5 Å². The Kier molecular flexibility index (Phi) is 9.44. The van der Waals surface area contributed by atoms with Gasteiger partial charge in [-0.15, -0.1) is 23.5 Å². The molecule has 4 amide bonds. The normalized spacial score (nSPS) is 15.2. The standard InChI is InChI=1S/C30H35N5O3S2/c1-30(2,32)15-27(36)34-24-18-40-26-14-22(39-3)12-13-25(26)35(28(24)37)17-19-8-10-20(11-9-19)23-7-5-4-6-21(23)16-33-29(31)38/h4-14,24H,15-18,32H2,1-3H3,(H,34,36)(H3,31,33,38)/t24-/m1/s1. The zero-order valence-corrected chi connectivity index (χ0v) is 24.5. The average Bonchev–Trinajstić information content (AvgIpc) is 3.03. The van der Waals surface area contributed by atoms with Gasteiger partial charge in [-0.25, -0.2) is 4.79 Å². The predicted molar refractivity (Wildman–Crippen MR) is 163 cm³/mol. The topological polar surface area (TPSA) is 131 Å². The highest BCUT2D eigenvalue weighted by Gasteiger charge is 2.33. The third-order valence-electron chi connectivity index (χ3n) is 6.45. The largest absolute Gasteiger partial charge is 0.352 e. The van der Waals surface area contributed by atoms with Crippen LogP contribution in [-0.2, 0) is 22.7 Å². The summed E-state index contributed by atoms with van der Waals surface area (Å²) in [4.78, 5) is 41.6. The van der Waals surface area contributed by atoms with Crippen molar-refractivity contribution in [1.82, 2.24) is 10.6 Å². The van der Waals surface area contributed by atoms with E-state index in [1.165, 1.54) is 0 Å². The van der Waals surface area contributed by atoms with Gasteiger partial charge in [-0.05, 0) is 60.6 Å². The summed E-state index contributed by atoms with van der Waals surface area (Å²) in [5, 5.41) is 5.58. The molecule has 4 rings (SSSR count). The van der Waals surface area contributed by atoms with Crippen LogP contribution in [0.5, 0.6) is 0 Å². The van der Waals surface area contributed by atoms with Gasteiger partial charge in [0.15, 0.2) is 0 Å². The lowest BCUT2D eigenvalue weighted by molar-refractivity contribution is -0.127. The zero-order valence-electron chi connectivity index (χ0n) is 22.9. The van der Waals surface area contributed by atoms with Crippen LogP contribution in [0.2, 0.25) is 0 Å². The number of hydrogen-bond acceptors (Lipinski definition) is 6. The number of urea groups is 1. The summed E-state index contributed by atoms with van der Waals surface area (Å²) in [5.74, 6) is 0.0423. The van der Waals surface area contributed by atoms with Crippen molar-refractivity contribution in [2.24, 2.45) is 11.5 Å². The van der Waals surface area contributed by atoms with Gasteiger partial charge in [-0.3, -0.25) is 9.59 Å². The molecule has 3 aromatic carbocycles. The number of benzene rings is 3. The van der Waals surface area contributed by atoms with Crippen molar-refractivity contribution < 1.29 is 14.4 Å². The van der Waals surface area contributed by atoms with Gasteiger partial charge < -0.3 is 27.0 Å². The molecule has 6 N–H and O–H groups in total. The van der Waals surface area contributed by atoms with E-state index >= 15 is 0 Å². The zero-order chi connectivity index (χ0) is 28.9. The van der Waals surface area contributed by atoms with Crippen molar-refractivity contribution in [3.8, 4) is 11.1 Å². The molecule has 0 radical (unpaired) electrons. The smallest absolute Gasteiger partial charge is 0.312 e. The molecule has 0 aliphatic carbocycles. The van der Waals surface area contributed by atoms with Crippen molar-refractivity contribution in [3.63, 3.8) is 0 Å². The minimum absolute atomic E-state index is 0.128. The van der Waals surface area contributed by atoms with E-state index in [0.29, 0.717) is 18.8 Å². The number of fused-ring (bicyclic) bond motifs is 1. The minimum atomic E-state index is -0.672. The number of anilines is 1. The van der Waals surface area contributed by atoms with Crippen LogP contribution in [0.4, 0.5) is 10.5 Å². The van der Waals surface area contributed by atoms with Crippen LogP contribution in [0.15, 0.2) is 76.5 Å². The third-order valence-corrected chi connectivity index (χ3v) is 8.32. The van der Waals surface area contributed by atoms with E-state index in [9.17, 15) is 14.4 Å². The van der Waals surface area contributed by atoms with Crippen molar-refractivity contribution in [1.29, 1.82) is 0 Å². The van der Waals surface area contributed by atoms with E-state index in [-0.39, 0.29) is 18.2 Å². The number of hydrogen-bond donors (Lipinski definition) is 4. The quantitative estimate of drug-likeness (QED) is 0.277. The van der Waals surface area contributed by atoms with Gasteiger partial charge >= 0.3 is 6.03 Å². The minimum Gasteiger partial charge on any atom is -0.352 e. The molecule has 0 bridgehead atoms. The summed E-state index contributed by atoms with van der Waals surface area (Å²) in [6, 6.07) is 20.7. The molecule has 0 saturated heterocycles. The molecule has 210 valence electrons. The first-order valence-corrected chi connectivity index (χ1v) is 15.2. The highest BCUT2D eigenvalue weighted by atomic mass is 32.2. The van der Waals surface area contributed by atoms with Gasteiger partial charge in [-0.1, -0.05) is 48.5 Å². The Labute approximate surface area is 243 Å². The third kappa shape index (κ3) is 7.59. The summed E-state index contributed by atoms with van der Waals surface area (Å²) in [6.07, 6.45) is 2.15. The summed E-state index contributed by atoms with van der Waals surface area (Å²) in [5.41, 5.74) is 15.3. The van der Waals surface area contributed by atoms with Crippen LogP contribution < -0.4 is 27.0 Å². The Morgan fingerprint density at radius 2 is 1.82 bits per heavy atom. The fraction of sp³-hybridized carbons (Fsp3) is 0.300. The van der Waals surface area contributed by atoms with Gasteiger partial charge in [-0.2, -0.15) is 0 Å². The molecule has 8 nitrogen and oxygen atoms in total. The summed E-state index contributed by atoms with van der Waals surface area (Å²) >= 11 is 3.22. The van der Waals surface area contributed by atoms with Crippen molar-refractivity contribution in [2.45, 2.75) is 54.7 Å². The van der Waals surface area contributed by atoms with Crippen molar-refractivity contribution >= 4 is 47.1 Å². The number of nitrogens with one attached hydrogen (secondary N) is 2. The maximum Gasteiger partial charge on any atom is 0.312 e.